The van der Waals surface area contributed by atoms with Gasteiger partial charge in [0, 0.05) is 6.20 Å². The third kappa shape index (κ3) is 2.98. The first-order valence-corrected chi connectivity index (χ1v) is 7.73. The summed E-state index contributed by atoms with van der Waals surface area (Å²) in [6, 6.07) is 4.22. The normalized spacial score (nSPS) is 11.3. The number of hydrogen-bond acceptors (Lipinski definition) is 4. The van der Waals surface area contributed by atoms with E-state index in [1.165, 1.54) is 30.6 Å². The Kier molecular flexibility index (Phi) is 4.08. The summed E-state index contributed by atoms with van der Waals surface area (Å²) in [4.78, 5) is 3.83. The quantitative estimate of drug-likeness (QED) is 0.846. The van der Waals surface area contributed by atoms with E-state index < -0.39 is 10.0 Å². The highest BCUT2D eigenvalue weighted by atomic mass is 35.5. The summed E-state index contributed by atoms with van der Waals surface area (Å²) in [5, 5.41) is 0.589. The highest BCUT2D eigenvalue weighted by molar-refractivity contribution is 7.92. The number of nitrogens with zero attached hydrogens (tertiary/aromatic N) is 1. The molecule has 0 spiro atoms. The van der Waals surface area contributed by atoms with E-state index in [0.717, 1.165) is 0 Å². The van der Waals surface area contributed by atoms with Crippen LogP contribution in [0.4, 0.5) is 11.4 Å². The van der Waals surface area contributed by atoms with Gasteiger partial charge in [-0.3, -0.25) is 9.71 Å². The summed E-state index contributed by atoms with van der Waals surface area (Å²) in [5.41, 5.74) is 6.65. The maximum absolute atomic E-state index is 12.3. The molecule has 1 heterocycles. The Bertz CT molecular complexity index is 740. The summed E-state index contributed by atoms with van der Waals surface area (Å²) in [7, 11) is -3.81. The average molecular weight is 332 g/mol. The zero-order valence-corrected chi connectivity index (χ0v) is 12.7. The Hall–Kier alpha value is -1.50. The van der Waals surface area contributed by atoms with Gasteiger partial charge in [-0.1, -0.05) is 23.2 Å². The molecule has 0 aliphatic carbocycles. The highest BCUT2D eigenvalue weighted by Gasteiger charge is 2.18. The second-order valence-electron chi connectivity index (χ2n) is 4.10. The van der Waals surface area contributed by atoms with Gasteiger partial charge in [0.05, 0.1) is 32.5 Å². The Labute approximate surface area is 126 Å². The van der Waals surface area contributed by atoms with Crippen LogP contribution in [0.15, 0.2) is 35.5 Å². The van der Waals surface area contributed by atoms with E-state index >= 15 is 0 Å². The molecular formula is C12H11Cl2N3O2S. The van der Waals surface area contributed by atoms with Crippen molar-refractivity contribution in [2.75, 3.05) is 10.5 Å². The van der Waals surface area contributed by atoms with Crippen LogP contribution in [-0.4, -0.2) is 13.4 Å². The van der Waals surface area contributed by atoms with E-state index in [4.69, 9.17) is 28.9 Å². The smallest absolute Gasteiger partial charge is 0.262 e. The summed E-state index contributed by atoms with van der Waals surface area (Å²) in [6.45, 7) is 1.68. The number of rotatable bonds is 3. The Morgan fingerprint density at radius 1 is 1.30 bits per heavy atom. The summed E-state index contributed by atoms with van der Waals surface area (Å²) < 4.78 is 26.9. The fourth-order valence-electron chi connectivity index (χ4n) is 1.57. The van der Waals surface area contributed by atoms with E-state index in [2.05, 4.69) is 9.71 Å². The maximum Gasteiger partial charge on any atom is 0.262 e. The van der Waals surface area contributed by atoms with Crippen LogP contribution >= 0.6 is 23.2 Å². The van der Waals surface area contributed by atoms with Gasteiger partial charge in [-0.15, -0.1) is 0 Å². The largest absolute Gasteiger partial charge is 0.397 e. The maximum atomic E-state index is 12.3. The molecule has 0 amide bonds. The van der Waals surface area contributed by atoms with E-state index in [1.807, 2.05) is 0 Å². The third-order valence-electron chi connectivity index (χ3n) is 2.58. The van der Waals surface area contributed by atoms with Crippen molar-refractivity contribution in [3.8, 4) is 0 Å². The lowest BCUT2D eigenvalue weighted by Gasteiger charge is -2.11. The van der Waals surface area contributed by atoms with Crippen molar-refractivity contribution in [3.05, 3.63) is 46.2 Å². The van der Waals surface area contributed by atoms with Gasteiger partial charge in [0.1, 0.15) is 0 Å². The molecule has 0 saturated heterocycles. The molecule has 2 rings (SSSR count). The predicted octanol–water partition coefficient (Wildman–Crippen LogP) is 3.08. The van der Waals surface area contributed by atoms with Crippen molar-refractivity contribution >= 4 is 44.6 Å². The molecule has 0 unspecified atom stereocenters. The Morgan fingerprint density at radius 2 is 2.00 bits per heavy atom. The van der Waals surface area contributed by atoms with Crippen molar-refractivity contribution < 1.29 is 8.42 Å². The minimum atomic E-state index is -3.81. The highest BCUT2D eigenvalue weighted by Crippen LogP contribution is 2.29. The lowest BCUT2D eigenvalue weighted by Crippen LogP contribution is -2.14. The molecule has 106 valence electrons. The molecule has 2 aromatic rings. The number of hydrogen-bond donors (Lipinski definition) is 2. The predicted molar refractivity (Wildman–Crippen MR) is 80.7 cm³/mol. The number of anilines is 2. The first-order valence-electron chi connectivity index (χ1n) is 5.49. The summed E-state index contributed by atoms with van der Waals surface area (Å²) in [6.07, 6.45) is 2.79. The first-order chi connectivity index (χ1) is 9.31. The minimum absolute atomic E-state index is 0.0109. The standard InChI is InChI=1S/C12H11Cl2N3O2S/c1-7-4-8(5-10(15)12(7)14)20(18,19)17-11-6-16-3-2-9(11)13/h2-6,17H,15H2,1H3. The number of aromatic nitrogens is 1. The number of nitrogens with one attached hydrogen (secondary N) is 1. The molecule has 1 aromatic carbocycles. The summed E-state index contributed by atoms with van der Waals surface area (Å²) in [5.74, 6) is 0. The van der Waals surface area contributed by atoms with Crippen molar-refractivity contribution in [1.82, 2.24) is 4.98 Å². The van der Waals surface area contributed by atoms with Gasteiger partial charge in [0.2, 0.25) is 0 Å². The van der Waals surface area contributed by atoms with E-state index in [1.54, 1.807) is 6.92 Å². The molecule has 0 radical (unpaired) electrons. The molecule has 3 N–H and O–H groups in total. The van der Waals surface area contributed by atoms with E-state index in [0.29, 0.717) is 10.6 Å². The van der Waals surface area contributed by atoms with Crippen LogP contribution in [0.25, 0.3) is 0 Å². The van der Waals surface area contributed by atoms with Gasteiger partial charge >= 0.3 is 0 Å². The van der Waals surface area contributed by atoms with E-state index in [-0.39, 0.29) is 21.3 Å². The van der Waals surface area contributed by atoms with Crippen LogP contribution in [-0.2, 0) is 10.0 Å². The van der Waals surface area contributed by atoms with Crippen molar-refractivity contribution in [1.29, 1.82) is 0 Å². The molecule has 0 aliphatic heterocycles. The number of nitrogen functional groups attached to an aromatic ring is 1. The average Bonchev–Trinajstić information content (AvgIpc) is 2.38. The van der Waals surface area contributed by atoms with Crippen LogP contribution in [0.5, 0.6) is 0 Å². The van der Waals surface area contributed by atoms with Gasteiger partial charge in [-0.05, 0) is 30.7 Å². The second-order valence-corrected chi connectivity index (χ2v) is 6.57. The molecule has 8 heteroatoms. The molecule has 0 fully saturated rings. The van der Waals surface area contributed by atoms with Crippen molar-refractivity contribution in [2.45, 2.75) is 11.8 Å². The van der Waals surface area contributed by atoms with Gasteiger partial charge in [-0.25, -0.2) is 8.42 Å². The Morgan fingerprint density at radius 3 is 2.60 bits per heavy atom. The van der Waals surface area contributed by atoms with Crippen molar-refractivity contribution in [3.63, 3.8) is 0 Å². The zero-order valence-electron chi connectivity index (χ0n) is 10.4. The molecular weight excluding hydrogens is 321 g/mol. The number of sulfonamides is 1. The monoisotopic (exact) mass is 331 g/mol. The topological polar surface area (TPSA) is 85.1 Å². The van der Waals surface area contributed by atoms with Crippen LogP contribution < -0.4 is 10.5 Å². The molecule has 0 saturated carbocycles. The molecule has 0 atom stereocenters. The molecule has 1 aromatic heterocycles. The SMILES string of the molecule is Cc1cc(S(=O)(=O)Nc2cnccc2Cl)cc(N)c1Cl. The van der Waals surface area contributed by atoms with Crippen molar-refractivity contribution in [2.24, 2.45) is 0 Å². The number of benzene rings is 1. The molecule has 5 nitrogen and oxygen atoms in total. The van der Waals surface area contributed by atoms with Gasteiger partial charge in [0.25, 0.3) is 10.0 Å². The van der Waals surface area contributed by atoms with Crippen LogP contribution in [0.2, 0.25) is 10.0 Å². The molecule has 20 heavy (non-hydrogen) atoms. The second kappa shape index (κ2) is 5.47. The van der Waals surface area contributed by atoms with Crippen LogP contribution in [0, 0.1) is 6.92 Å². The molecule has 0 bridgehead atoms. The van der Waals surface area contributed by atoms with Gasteiger partial charge in [-0.2, -0.15) is 0 Å². The number of pyridine rings is 1. The van der Waals surface area contributed by atoms with Gasteiger partial charge < -0.3 is 5.73 Å². The number of aryl methyl sites for hydroxylation is 1. The van der Waals surface area contributed by atoms with Gasteiger partial charge in [0.15, 0.2) is 0 Å². The summed E-state index contributed by atoms with van der Waals surface area (Å²) >= 11 is 11.8. The fourth-order valence-corrected chi connectivity index (χ4v) is 3.08. The number of nitrogens with two attached hydrogens (primary N) is 1. The minimum Gasteiger partial charge on any atom is -0.397 e. The third-order valence-corrected chi connectivity index (χ3v) is 4.77. The first kappa shape index (κ1) is 14.9. The van der Waals surface area contributed by atoms with Crippen LogP contribution in [0.1, 0.15) is 5.56 Å². The Balaban J connectivity index is 2.44. The number of halogens is 2. The molecule has 0 aliphatic rings. The van der Waals surface area contributed by atoms with Crippen LogP contribution in [0.3, 0.4) is 0 Å². The zero-order chi connectivity index (χ0) is 14.9. The van der Waals surface area contributed by atoms with E-state index in [9.17, 15) is 8.42 Å². The lowest BCUT2D eigenvalue weighted by molar-refractivity contribution is 0.601. The fraction of sp³-hybridized carbons (Fsp3) is 0.0833. The lowest BCUT2D eigenvalue weighted by atomic mass is 10.2.